The lowest BCUT2D eigenvalue weighted by molar-refractivity contribution is -0.0120. The molecule has 2 atom stereocenters. The first kappa shape index (κ1) is 15.7. The van der Waals surface area contributed by atoms with Gasteiger partial charge in [-0.1, -0.05) is 50.0 Å². The second-order valence-electron chi connectivity index (χ2n) is 5.34. The van der Waals surface area contributed by atoms with Crippen LogP contribution in [0.15, 0.2) is 18.2 Å². The van der Waals surface area contributed by atoms with E-state index in [0.29, 0.717) is 10.0 Å². The van der Waals surface area contributed by atoms with Crippen LogP contribution in [0.25, 0.3) is 0 Å². The van der Waals surface area contributed by atoms with Gasteiger partial charge in [0.15, 0.2) is 0 Å². The minimum atomic E-state index is -0.148. The molecular weight excluding hydrogens is 271 g/mol. The molecule has 0 fully saturated rings. The largest absolute Gasteiger partial charge is 0.379 e. The van der Waals surface area contributed by atoms with E-state index in [1.165, 1.54) is 0 Å². The predicted octanol–water partition coefficient (Wildman–Crippen LogP) is 3.56. The van der Waals surface area contributed by atoms with Crippen LogP contribution in [0.1, 0.15) is 32.4 Å². The molecule has 0 amide bonds. The second kappa shape index (κ2) is 6.22. The molecule has 1 rings (SSSR count). The van der Waals surface area contributed by atoms with Crippen molar-refractivity contribution >= 4 is 23.2 Å². The summed E-state index contributed by atoms with van der Waals surface area (Å²) < 4.78 is 5.57. The lowest BCUT2D eigenvalue weighted by Gasteiger charge is -2.36. The molecule has 3 nitrogen and oxygen atoms in total. The van der Waals surface area contributed by atoms with Crippen molar-refractivity contribution in [2.24, 2.45) is 11.3 Å². The van der Waals surface area contributed by atoms with Gasteiger partial charge in [-0.15, -0.1) is 0 Å². The lowest BCUT2D eigenvalue weighted by atomic mass is 9.82. The van der Waals surface area contributed by atoms with Gasteiger partial charge in [0.1, 0.15) is 0 Å². The van der Waals surface area contributed by atoms with Crippen LogP contribution in [-0.4, -0.2) is 13.2 Å². The second-order valence-corrected chi connectivity index (χ2v) is 6.15. The molecule has 0 bridgehead atoms. The van der Waals surface area contributed by atoms with E-state index in [0.717, 1.165) is 5.56 Å². The SMILES string of the molecule is COC(C(NN)c1ccc(Cl)c(Cl)c1)C(C)(C)C. The van der Waals surface area contributed by atoms with Crippen molar-refractivity contribution in [3.8, 4) is 0 Å². The number of nitrogens with one attached hydrogen (secondary N) is 1. The fourth-order valence-electron chi connectivity index (χ4n) is 2.05. The van der Waals surface area contributed by atoms with Gasteiger partial charge in [0.25, 0.3) is 0 Å². The molecule has 0 heterocycles. The number of hydrazine groups is 1. The zero-order valence-electron chi connectivity index (χ0n) is 11.1. The van der Waals surface area contributed by atoms with Crippen LogP contribution in [0, 0.1) is 5.41 Å². The topological polar surface area (TPSA) is 47.3 Å². The van der Waals surface area contributed by atoms with E-state index < -0.39 is 0 Å². The third kappa shape index (κ3) is 3.59. The summed E-state index contributed by atoms with van der Waals surface area (Å²) >= 11 is 12.0. The Hall–Kier alpha value is -0.320. The molecule has 0 aliphatic heterocycles. The van der Waals surface area contributed by atoms with Gasteiger partial charge in [0.2, 0.25) is 0 Å². The van der Waals surface area contributed by atoms with Gasteiger partial charge in [-0.2, -0.15) is 0 Å². The summed E-state index contributed by atoms with van der Waals surface area (Å²) in [4.78, 5) is 0. The molecule has 2 unspecified atom stereocenters. The summed E-state index contributed by atoms with van der Waals surface area (Å²) in [6.07, 6.45) is -0.0836. The number of benzene rings is 1. The lowest BCUT2D eigenvalue weighted by Crippen LogP contribution is -2.44. The Labute approximate surface area is 119 Å². The van der Waals surface area contributed by atoms with Crippen LogP contribution in [-0.2, 0) is 4.74 Å². The molecule has 0 saturated heterocycles. The van der Waals surface area contributed by atoms with Crippen molar-refractivity contribution in [2.45, 2.75) is 32.9 Å². The number of nitrogens with two attached hydrogens (primary N) is 1. The quantitative estimate of drug-likeness (QED) is 0.658. The Morgan fingerprint density at radius 3 is 2.22 bits per heavy atom. The standard InChI is InChI=1S/C13H20Cl2N2O/c1-13(2,3)12(18-4)11(17-16)8-5-6-9(14)10(15)7-8/h5-7,11-12,17H,16H2,1-4H3. The normalized spacial score (nSPS) is 15.5. The third-order valence-electron chi connectivity index (χ3n) is 2.89. The molecule has 0 radical (unpaired) electrons. The Morgan fingerprint density at radius 1 is 1.22 bits per heavy atom. The summed E-state index contributed by atoms with van der Waals surface area (Å²) in [7, 11) is 1.68. The van der Waals surface area contributed by atoms with Gasteiger partial charge in [-0.25, -0.2) is 0 Å². The highest BCUT2D eigenvalue weighted by molar-refractivity contribution is 6.42. The smallest absolute Gasteiger partial charge is 0.0827 e. The Balaban J connectivity index is 3.12. The molecule has 1 aromatic rings. The molecule has 1 aromatic carbocycles. The maximum Gasteiger partial charge on any atom is 0.0827 e. The average molecular weight is 291 g/mol. The predicted molar refractivity (Wildman–Crippen MR) is 76.8 cm³/mol. The minimum absolute atomic E-state index is 0.0576. The average Bonchev–Trinajstić information content (AvgIpc) is 2.28. The Morgan fingerprint density at radius 2 is 1.83 bits per heavy atom. The third-order valence-corrected chi connectivity index (χ3v) is 3.63. The highest BCUT2D eigenvalue weighted by atomic mass is 35.5. The van der Waals surface area contributed by atoms with E-state index in [-0.39, 0.29) is 17.6 Å². The first-order valence-electron chi connectivity index (χ1n) is 5.75. The van der Waals surface area contributed by atoms with Crippen LogP contribution in [0.5, 0.6) is 0 Å². The number of rotatable bonds is 4. The van der Waals surface area contributed by atoms with E-state index in [2.05, 4.69) is 26.2 Å². The van der Waals surface area contributed by atoms with Crippen molar-refractivity contribution in [1.82, 2.24) is 5.43 Å². The molecule has 0 aliphatic rings. The van der Waals surface area contributed by atoms with Gasteiger partial charge in [0, 0.05) is 7.11 Å². The fraction of sp³-hybridized carbons (Fsp3) is 0.538. The maximum atomic E-state index is 6.04. The van der Waals surface area contributed by atoms with E-state index >= 15 is 0 Å². The molecule has 0 spiro atoms. The number of hydrogen-bond donors (Lipinski definition) is 2. The van der Waals surface area contributed by atoms with Crippen LogP contribution in [0.2, 0.25) is 10.0 Å². The maximum absolute atomic E-state index is 6.04. The van der Waals surface area contributed by atoms with Crippen molar-refractivity contribution in [2.75, 3.05) is 7.11 Å². The molecule has 102 valence electrons. The van der Waals surface area contributed by atoms with E-state index in [4.69, 9.17) is 33.8 Å². The number of methoxy groups -OCH3 is 1. The summed E-state index contributed by atoms with van der Waals surface area (Å²) in [5, 5.41) is 1.04. The first-order chi connectivity index (χ1) is 8.31. The number of ether oxygens (including phenoxy) is 1. The molecular formula is C13H20Cl2N2O. The van der Waals surface area contributed by atoms with Crippen molar-refractivity contribution in [1.29, 1.82) is 0 Å². The van der Waals surface area contributed by atoms with Crippen molar-refractivity contribution in [3.05, 3.63) is 33.8 Å². The molecule has 18 heavy (non-hydrogen) atoms. The summed E-state index contributed by atoms with van der Waals surface area (Å²) in [5.74, 6) is 5.66. The summed E-state index contributed by atoms with van der Waals surface area (Å²) in [6.45, 7) is 6.30. The molecule has 5 heteroatoms. The zero-order valence-corrected chi connectivity index (χ0v) is 12.6. The molecule has 0 aromatic heterocycles. The zero-order chi connectivity index (χ0) is 13.9. The van der Waals surface area contributed by atoms with Crippen molar-refractivity contribution in [3.63, 3.8) is 0 Å². The fourth-order valence-corrected chi connectivity index (χ4v) is 2.36. The van der Waals surface area contributed by atoms with Crippen LogP contribution < -0.4 is 11.3 Å². The van der Waals surface area contributed by atoms with Crippen molar-refractivity contribution < 1.29 is 4.74 Å². The summed E-state index contributed by atoms with van der Waals surface area (Å²) in [6, 6.07) is 5.33. The Bertz CT molecular complexity index is 404. The van der Waals surface area contributed by atoms with Crippen LogP contribution >= 0.6 is 23.2 Å². The van der Waals surface area contributed by atoms with E-state index in [9.17, 15) is 0 Å². The van der Waals surface area contributed by atoms with Gasteiger partial charge in [0.05, 0.1) is 22.2 Å². The minimum Gasteiger partial charge on any atom is -0.379 e. The van der Waals surface area contributed by atoms with E-state index in [1.54, 1.807) is 13.2 Å². The number of hydrogen-bond acceptors (Lipinski definition) is 3. The van der Waals surface area contributed by atoms with E-state index in [1.807, 2.05) is 12.1 Å². The highest BCUT2D eigenvalue weighted by Crippen LogP contribution is 2.34. The molecule has 3 N–H and O–H groups in total. The van der Waals surface area contributed by atoms with Gasteiger partial charge >= 0.3 is 0 Å². The molecule has 0 saturated carbocycles. The van der Waals surface area contributed by atoms with Crippen LogP contribution in [0.4, 0.5) is 0 Å². The van der Waals surface area contributed by atoms with Crippen LogP contribution in [0.3, 0.4) is 0 Å². The molecule has 0 aliphatic carbocycles. The van der Waals surface area contributed by atoms with Gasteiger partial charge in [-0.3, -0.25) is 11.3 Å². The first-order valence-corrected chi connectivity index (χ1v) is 6.50. The summed E-state index contributed by atoms with van der Waals surface area (Å²) in [5.41, 5.74) is 3.69. The Kier molecular flexibility index (Phi) is 5.44. The van der Waals surface area contributed by atoms with Gasteiger partial charge < -0.3 is 4.74 Å². The van der Waals surface area contributed by atoms with Gasteiger partial charge in [-0.05, 0) is 23.1 Å². The number of halogens is 2. The highest BCUT2D eigenvalue weighted by Gasteiger charge is 2.33. The monoisotopic (exact) mass is 290 g/mol.